The van der Waals surface area contributed by atoms with E-state index in [-0.39, 0.29) is 6.04 Å². The molecular weight excluding hydrogens is 190 g/mol. The first-order valence-corrected chi connectivity index (χ1v) is 5.95. The molecule has 0 bridgehead atoms. The van der Waals surface area contributed by atoms with E-state index in [4.69, 9.17) is 5.73 Å². The van der Waals surface area contributed by atoms with Gasteiger partial charge in [0.15, 0.2) is 0 Å². The van der Waals surface area contributed by atoms with Crippen molar-refractivity contribution in [2.45, 2.75) is 25.8 Å². The number of nitrogens with two attached hydrogens (primary N) is 1. The molecule has 0 aliphatic carbocycles. The van der Waals surface area contributed by atoms with E-state index < -0.39 is 0 Å². The van der Waals surface area contributed by atoms with Crippen LogP contribution in [0.15, 0.2) is 0 Å². The van der Waals surface area contributed by atoms with Crippen LogP contribution in [0.3, 0.4) is 0 Å². The second kappa shape index (κ2) is 4.49. The van der Waals surface area contributed by atoms with Crippen LogP contribution in [0.1, 0.15) is 19.8 Å². The minimum atomic E-state index is 0.0610. The van der Waals surface area contributed by atoms with E-state index in [1.54, 1.807) is 0 Å². The van der Waals surface area contributed by atoms with Crippen molar-refractivity contribution >= 4 is 5.91 Å². The Balaban J connectivity index is 1.80. The molecule has 2 saturated heterocycles. The van der Waals surface area contributed by atoms with Crippen LogP contribution < -0.4 is 5.73 Å². The maximum atomic E-state index is 12.0. The first kappa shape index (κ1) is 10.9. The maximum absolute atomic E-state index is 12.0. The van der Waals surface area contributed by atoms with Crippen LogP contribution in [0.2, 0.25) is 0 Å². The van der Waals surface area contributed by atoms with Crippen molar-refractivity contribution < 1.29 is 4.79 Å². The molecule has 2 aliphatic rings. The molecule has 2 N–H and O–H groups in total. The fourth-order valence-corrected chi connectivity index (χ4v) is 2.43. The van der Waals surface area contributed by atoms with Gasteiger partial charge in [0.2, 0.25) is 5.91 Å². The Morgan fingerprint density at radius 1 is 1.40 bits per heavy atom. The van der Waals surface area contributed by atoms with Gasteiger partial charge in [-0.3, -0.25) is 9.69 Å². The molecule has 15 heavy (non-hydrogen) atoms. The molecule has 1 amide bonds. The van der Waals surface area contributed by atoms with Gasteiger partial charge in [-0.1, -0.05) is 0 Å². The Morgan fingerprint density at radius 3 is 2.53 bits per heavy atom. The van der Waals surface area contributed by atoms with Crippen molar-refractivity contribution in [3.05, 3.63) is 0 Å². The van der Waals surface area contributed by atoms with E-state index in [1.165, 1.54) is 12.8 Å². The summed E-state index contributed by atoms with van der Waals surface area (Å²) in [6, 6.07) is 0.0610. The van der Waals surface area contributed by atoms with Gasteiger partial charge in [0.25, 0.3) is 0 Å². The monoisotopic (exact) mass is 211 g/mol. The molecule has 0 aromatic carbocycles. The highest BCUT2D eigenvalue weighted by Gasteiger charge is 2.34. The summed E-state index contributed by atoms with van der Waals surface area (Å²) in [5.74, 6) is 0.918. The number of carbonyl (C=O) groups excluding carboxylic acids is 1. The molecule has 2 fully saturated rings. The van der Waals surface area contributed by atoms with Crippen molar-refractivity contribution in [3.63, 3.8) is 0 Å². The van der Waals surface area contributed by atoms with Gasteiger partial charge >= 0.3 is 0 Å². The van der Waals surface area contributed by atoms with Gasteiger partial charge < -0.3 is 10.6 Å². The van der Waals surface area contributed by atoms with E-state index in [2.05, 4.69) is 4.90 Å². The van der Waals surface area contributed by atoms with Crippen LogP contribution >= 0.6 is 0 Å². The fraction of sp³-hybridized carbons (Fsp3) is 0.909. The Kier molecular flexibility index (Phi) is 3.26. The number of hydrogen-bond donors (Lipinski definition) is 1. The van der Waals surface area contributed by atoms with Crippen LogP contribution in [0, 0.1) is 5.92 Å². The van der Waals surface area contributed by atoms with Gasteiger partial charge in [0.1, 0.15) is 0 Å². The third-order valence-corrected chi connectivity index (χ3v) is 3.64. The topological polar surface area (TPSA) is 49.6 Å². The van der Waals surface area contributed by atoms with E-state index in [0.29, 0.717) is 11.8 Å². The van der Waals surface area contributed by atoms with Crippen molar-refractivity contribution in [2.75, 3.05) is 32.7 Å². The van der Waals surface area contributed by atoms with Gasteiger partial charge in [0.05, 0.1) is 6.04 Å². The molecule has 2 heterocycles. The lowest BCUT2D eigenvalue weighted by atomic mass is 9.98. The van der Waals surface area contributed by atoms with E-state index in [9.17, 15) is 4.79 Å². The second-order valence-electron chi connectivity index (χ2n) is 4.76. The van der Waals surface area contributed by atoms with Crippen molar-refractivity contribution in [1.29, 1.82) is 0 Å². The number of nitrogens with zero attached hydrogens (tertiary/aromatic N) is 2. The van der Waals surface area contributed by atoms with Crippen LogP contribution in [0.4, 0.5) is 0 Å². The quantitative estimate of drug-likeness (QED) is 0.708. The highest BCUT2D eigenvalue weighted by molar-refractivity contribution is 5.81. The molecule has 4 heteroatoms. The molecule has 86 valence electrons. The molecule has 0 radical (unpaired) electrons. The summed E-state index contributed by atoms with van der Waals surface area (Å²) < 4.78 is 0. The largest absolute Gasteiger partial charge is 0.341 e. The smallest absolute Gasteiger partial charge is 0.239 e. The predicted molar refractivity (Wildman–Crippen MR) is 59.4 cm³/mol. The first-order valence-electron chi connectivity index (χ1n) is 5.95. The number of hydrogen-bond acceptors (Lipinski definition) is 3. The highest BCUT2D eigenvalue weighted by Crippen LogP contribution is 2.20. The Labute approximate surface area is 91.4 Å². The molecular formula is C11H21N3O. The summed E-state index contributed by atoms with van der Waals surface area (Å²) in [6.45, 7) is 6.68. The lowest BCUT2D eigenvalue weighted by molar-refractivity contribution is -0.137. The predicted octanol–water partition coefficient (Wildman–Crippen LogP) is -0.112. The minimum Gasteiger partial charge on any atom is -0.341 e. The number of likely N-dealkylation sites (tertiary alicyclic amines) is 2. The van der Waals surface area contributed by atoms with E-state index >= 15 is 0 Å². The minimum absolute atomic E-state index is 0.0610. The lowest BCUT2D eigenvalue weighted by Crippen LogP contribution is -2.57. The maximum Gasteiger partial charge on any atom is 0.239 e. The number of carbonyl (C=O) groups is 1. The average molecular weight is 211 g/mol. The zero-order valence-electron chi connectivity index (χ0n) is 9.48. The summed E-state index contributed by atoms with van der Waals surface area (Å²) in [5.41, 5.74) is 5.57. The molecule has 1 unspecified atom stereocenters. The van der Waals surface area contributed by atoms with E-state index in [1.807, 2.05) is 11.8 Å². The van der Waals surface area contributed by atoms with Crippen LogP contribution in [-0.4, -0.2) is 54.5 Å². The number of amides is 1. The summed E-state index contributed by atoms with van der Waals surface area (Å²) in [4.78, 5) is 16.3. The van der Waals surface area contributed by atoms with Crippen LogP contribution in [0.25, 0.3) is 0 Å². The van der Waals surface area contributed by atoms with Crippen LogP contribution in [-0.2, 0) is 4.79 Å². The summed E-state index contributed by atoms with van der Waals surface area (Å²) in [7, 11) is 0. The lowest BCUT2D eigenvalue weighted by Gasteiger charge is -2.42. The second-order valence-corrected chi connectivity index (χ2v) is 4.76. The third kappa shape index (κ3) is 2.16. The Hall–Kier alpha value is -0.610. The third-order valence-electron chi connectivity index (χ3n) is 3.64. The van der Waals surface area contributed by atoms with Crippen molar-refractivity contribution in [3.8, 4) is 0 Å². The Bertz CT molecular complexity index is 232. The molecule has 0 aromatic heterocycles. The van der Waals surface area contributed by atoms with Crippen molar-refractivity contribution in [2.24, 2.45) is 11.7 Å². The molecule has 0 spiro atoms. The summed E-state index contributed by atoms with van der Waals surface area (Å²) in [5, 5.41) is 0. The summed E-state index contributed by atoms with van der Waals surface area (Å²) >= 11 is 0. The zero-order valence-corrected chi connectivity index (χ0v) is 9.48. The van der Waals surface area contributed by atoms with Gasteiger partial charge in [0, 0.05) is 26.2 Å². The van der Waals surface area contributed by atoms with E-state index in [0.717, 1.165) is 32.7 Å². The Morgan fingerprint density at radius 2 is 2.00 bits per heavy atom. The molecule has 2 aliphatic heterocycles. The highest BCUT2D eigenvalue weighted by atomic mass is 16.2. The van der Waals surface area contributed by atoms with Gasteiger partial charge in [-0.2, -0.15) is 0 Å². The van der Waals surface area contributed by atoms with Crippen molar-refractivity contribution in [1.82, 2.24) is 9.80 Å². The summed E-state index contributed by atoms with van der Waals surface area (Å²) in [6.07, 6.45) is 2.34. The molecule has 0 saturated carbocycles. The number of rotatable bonds is 3. The van der Waals surface area contributed by atoms with Gasteiger partial charge in [-0.25, -0.2) is 0 Å². The average Bonchev–Trinajstić information content (AvgIpc) is 2.67. The first-order chi connectivity index (χ1) is 7.22. The molecule has 1 atom stereocenters. The molecule has 4 nitrogen and oxygen atoms in total. The molecule has 0 aromatic rings. The van der Waals surface area contributed by atoms with Gasteiger partial charge in [-0.05, 0) is 32.2 Å². The van der Waals surface area contributed by atoms with Gasteiger partial charge in [-0.15, -0.1) is 0 Å². The fourth-order valence-electron chi connectivity index (χ4n) is 2.43. The molecule has 2 rings (SSSR count). The SMILES string of the molecule is CC(C(=O)N1CCCC1)N1CC(CN)C1. The standard InChI is InChI=1S/C11H21N3O/c1-9(14-7-10(6-12)8-14)11(15)13-4-2-3-5-13/h9-10H,2-8,12H2,1H3. The van der Waals surface area contributed by atoms with Crippen LogP contribution in [0.5, 0.6) is 0 Å². The zero-order chi connectivity index (χ0) is 10.8. The normalized spacial score (nSPS) is 25.3.